The number of hydrogen-bond acceptors (Lipinski definition) is 0. The van der Waals surface area contributed by atoms with Crippen molar-refractivity contribution in [1.82, 2.24) is 0 Å². The summed E-state index contributed by atoms with van der Waals surface area (Å²) < 4.78 is 0. The van der Waals surface area contributed by atoms with E-state index in [1.54, 1.807) is 6.42 Å². The normalized spacial score (nSPS) is 63.5. The van der Waals surface area contributed by atoms with Crippen molar-refractivity contribution in [3.8, 4) is 0 Å². The second kappa shape index (κ2) is 1.41. The van der Waals surface area contributed by atoms with E-state index in [1.165, 1.54) is 24.7 Å². The Morgan fingerprint density at radius 1 is 1.27 bits per heavy atom. The van der Waals surface area contributed by atoms with Gasteiger partial charge in [-0.3, -0.25) is 0 Å². The Bertz CT molecular complexity index is 206. The fraction of sp³-hybridized carbons (Fsp3) is 1.00. The van der Waals surface area contributed by atoms with E-state index in [0.717, 1.165) is 16.7 Å². The highest BCUT2D eigenvalue weighted by Gasteiger charge is 3.18. The van der Waals surface area contributed by atoms with Gasteiger partial charge in [-0.25, -0.2) is 0 Å². The molecular weight excluding hydrogens is 132 g/mol. The minimum atomic E-state index is 0.956. The molecule has 0 N–H and O–H groups in total. The zero-order chi connectivity index (χ0) is 7.85. The van der Waals surface area contributed by atoms with Gasteiger partial charge < -0.3 is 0 Å². The van der Waals surface area contributed by atoms with Crippen LogP contribution in [0.4, 0.5) is 0 Å². The highest BCUT2D eigenvalue weighted by atomic mass is 15.2. The van der Waals surface area contributed by atoms with E-state index in [9.17, 15) is 0 Å². The number of hydrogen-bond donors (Lipinski definition) is 0. The molecule has 0 aromatic carbocycles. The lowest BCUT2D eigenvalue weighted by molar-refractivity contribution is 0.442. The summed E-state index contributed by atoms with van der Waals surface area (Å²) in [6, 6.07) is 0. The van der Waals surface area contributed by atoms with Crippen molar-refractivity contribution in [3.05, 3.63) is 0 Å². The minimum absolute atomic E-state index is 0.956. The molecule has 0 aromatic heterocycles. The smallest absolute Gasteiger partial charge is 0.0136 e. The van der Waals surface area contributed by atoms with Crippen molar-refractivity contribution in [2.45, 2.75) is 40.0 Å². The van der Waals surface area contributed by atoms with Crippen LogP contribution in [0.1, 0.15) is 40.0 Å². The molecule has 3 atom stereocenters. The van der Waals surface area contributed by atoms with Gasteiger partial charge in [-0.05, 0) is 35.0 Å². The molecule has 4 saturated carbocycles. The quantitative estimate of drug-likeness (QED) is 0.577. The topological polar surface area (TPSA) is 0 Å². The standard InChI is InChI=1S/C11H18/c1-4-6-10-8-9(10)11(8,10)7(3)5-2/h7-9H,4-6H2,1-3H3. The van der Waals surface area contributed by atoms with E-state index in [2.05, 4.69) is 20.8 Å². The van der Waals surface area contributed by atoms with Gasteiger partial charge in [0.15, 0.2) is 0 Å². The first-order valence-electron chi connectivity index (χ1n) is 5.28. The maximum absolute atomic E-state index is 2.47. The minimum Gasteiger partial charge on any atom is -0.0654 e. The lowest BCUT2D eigenvalue weighted by Gasteiger charge is -2.05. The first kappa shape index (κ1) is 6.51. The second-order valence-corrected chi connectivity index (χ2v) is 4.99. The third-order valence-corrected chi connectivity index (χ3v) is 4.99. The molecule has 4 rings (SSSR count). The molecule has 0 nitrogen and oxygen atoms in total. The summed E-state index contributed by atoms with van der Waals surface area (Å²) in [5.74, 6) is 3.53. The van der Waals surface area contributed by atoms with Crippen LogP contribution in [0.3, 0.4) is 0 Å². The van der Waals surface area contributed by atoms with Gasteiger partial charge >= 0.3 is 0 Å². The molecule has 62 valence electrons. The molecule has 0 aromatic rings. The van der Waals surface area contributed by atoms with Gasteiger partial charge in [0.25, 0.3) is 0 Å². The van der Waals surface area contributed by atoms with Crippen LogP contribution < -0.4 is 0 Å². The van der Waals surface area contributed by atoms with Gasteiger partial charge in [-0.1, -0.05) is 33.6 Å². The summed E-state index contributed by atoms with van der Waals surface area (Å²) in [6.07, 6.45) is 4.39. The predicted octanol–water partition coefficient (Wildman–Crippen LogP) is 3.08. The van der Waals surface area contributed by atoms with Crippen LogP contribution in [0.2, 0.25) is 0 Å². The third kappa shape index (κ3) is 0.381. The first-order chi connectivity index (χ1) is 5.28. The maximum atomic E-state index is 2.47. The van der Waals surface area contributed by atoms with Crippen molar-refractivity contribution < 1.29 is 0 Å². The maximum Gasteiger partial charge on any atom is -0.0136 e. The Morgan fingerprint density at radius 2 is 1.91 bits per heavy atom. The van der Waals surface area contributed by atoms with Crippen LogP contribution in [0, 0.1) is 28.6 Å². The fourth-order valence-electron chi connectivity index (χ4n) is 4.19. The molecule has 3 unspecified atom stereocenters. The van der Waals surface area contributed by atoms with Gasteiger partial charge in [-0.2, -0.15) is 0 Å². The highest BCUT2D eigenvalue weighted by Crippen LogP contribution is 3.20. The Morgan fingerprint density at radius 3 is 2.36 bits per heavy atom. The molecule has 0 saturated heterocycles. The average Bonchev–Trinajstić information content (AvgIpc) is 2.81. The van der Waals surface area contributed by atoms with Crippen molar-refractivity contribution in [1.29, 1.82) is 0 Å². The molecule has 0 radical (unpaired) electrons. The predicted molar refractivity (Wildman–Crippen MR) is 46.2 cm³/mol. The van der Waals surface area contributed by atoms with Crippen molar-refractivity contribution in [2.24, 2.45) is 28.6 Å². The van der Waals surface area contributed by atoms with Crippen LogP contribution >= 0.6 is 0 Å². The second-order valence-electron chi connectivity index (χ2n) is 4.99. The van der Waals surface area contributed by atoms with Crippen LogP contribution in [0.15, 0.2) is 0 Å². The molecule has 4 aliphatic rings. The van der Waals surface area contributed by atoms with Crippen molar-refractivity contribution >= 4 is 0 Å². The SMILES string of the molecule is CCCC12C3C1C32C(C)CC. The Hall–Kier alpha value is 0. The highest BCUT2D eigenvalue weighted by molar-refractivity contribution is 5.63. The van der Waals surface area contributed by atoms with Crippen molar-refractivity contribution in [3.63, 3.8) is 0 Å². The summed E-state index contributed by atoms with van der Waals surface area (Å²) in [4.78, 5) is 0. The molecule has 0 bridgehead atoms. The molecule has 0 amide bonds. The van der Waals surface area contributed by atoms with Gasteiger partial charge in [0, 0.05) is 0 Å². The van der Waals surface area contributed by atoms with Gasteiger partial charge in [-0.15, -0.1) is 0 Å². The lowest BCUT2D eigenvalue weighted by Crippen LogP contribution is -1.97. The fourth-order valence-corrected chi connectivity index (χ4v) is 4.19. The van der Waals surface area contributed by atoms with E-state index >= 15 is 0 Å². The Kier molecular flexibility index (Phi) is 0.832. The lowest BCUT2D eigenvalue weighted by atomic mass is 10.00. The van der Waals surface area contributed by atoms with Crippen molar-refractivity contribution in [2.75, 3.05) is 0 Å². The van der Waals surface area contributed by atoms with E-state index in [-0.39, 0.29) is 0 Å². The van der Waals surface area contributed by atoms with E-state index in [0.29, 0.717) is 0 Å². The molecule has 0 aliphatic heterocycles. The van der Waals surface area contributed by atoms with E-state index in [4.69, 9.17) is 0 Å². The number of rotatable bonds is 4. The molecule has 4 fully saturated rings. The third-order valence-electron chi connectivity index (χ3n) is 4.99. The summed E-state index contributed by atoms with van der Waals surface area (Å²) in [6.45, 7) is 7.16. The Balaban J connectivity index is 1.71. The van der Waals surface area contributed by atoms with Crippen LogP contribution in [-0.4, -0.2) is 0 Å². The zero-order valence-electron chi connectivity index (χ0n) is 7.85. The largest absolute Gasteiger partial charge is 0.0654 e. The summed E-state index contributed by atoms with van der Waals surface area (Å²) in [5, 5.41) is 0. The monoisotopic (exact) mass is 150 g/mol. The summed E-state index contributed by atoms with van der Waals surface area (Å²) in [7, 11) is 0. The molecular formula is C11H18. The van der Waals surface area contributed by atoms with E-state index < -0.39 is 0 Å². The van der Waals surface area contributed by atoms with Crippen LogP contribution in [0.5, 0.6) is 0 Å². The molecule has 4 aliphatic carbocycles. The van der Waals surface area contributed by atoms with Gasteiger partial charge in [0.2, 0.25) is 0 Å². The zero-order valence-corrected chi connectivity index (χ0v) is 7.85. The van der Waals surface area contributed by atoms with Crippen LogP contribution in [-0.2, 0) is 0 Å². The molecule has 0 heterocycles. The average molecular weight is 150 g/mol. The molecule has 11 heavy (non-hydrogen) atoms. The molecule has 0 spiro atoms. The van der Waals surface area contributed by atoms with Gasteiger partial charge in [0.1, 0.15) is 0 Å². The Labute approximate surface area is 69.4 Å². The van der Waals surface area contributed by atoms with E-state index in [1.807, 2.05) is 0 Å². The summed E-state index contributed by atoms with van der Waals surface area (Å²) in [5.41, 5.74) is 1.93. The molecule has 0 heteroatoms. The van der Waals surface area contributed by atoms with Gasteiger partial charge in [0.05, 0.1) is 0 Å². The summed E-state index contributed by atoms with van der Waals surface area (Å²) >= 11 is 0. The van der Waals surface area contributed by atoms with Crippen LogP contribution in [0.25, 0.3) is 0 Å². The first-order valence-corrected chi connectivity index (χ1v) is 5.28.